The van der Waals surface area contributed by atoms with E-state index in [4.69, 9.17) is 10.5 Å². The zero-order valence-corrected chi connectivity index (χ0v) is 16.2. The number of rotatable bonds is 5. The Balaban J connectivity index is 1.76. The van der Waals surface area contributed by atoms with Crippen LogP contribution < -0.4 is 15.2 Å². The summed E-state index contributed by atoms with van der Waals surface area (Å²) >= 11 is 0. The molecule has 0 unspecified atom stereocenters. The number of imidazole rings is 1. The molecule has 0 amide bonds. The first-order chi connectivity index (χ1) is 14.3. The largest absolute Gasteiger partial charge is 0.480 e. The highest BCUT2D eigenvalue weighted by atomic mass is 32.2. The van der Waals surface area contributed by atoms with Gasteiger partial charge in [-0.1, -0.05) is 0 Å². The number of anilines is 2. The smallest absolute Gasteiger partial charge is 0.264 e. The number of nitrogens with one attached hydrogen (secondary N) is 1. The van der Waals surface area contributed by atoms with Crippen LogP contribution in [-0.4, -0.2) is 35.1 Å². The molecule has 9 nitrogen and oxygen atoms in total. The lowest BCUT2D eigenvalue weighted by molar-refractivity contribution is 0.400. The zero-order chi connectivity index (χ0) is 21.5. The van der Waals surface area contributed by atoms with Crippen LogP contribution in [0.5, 0.6) is 5.88 Å². The van der Waals surface area contributed by atoms with Crippen LogP contribution in [0.15, 0.2) is 53.7 Å². The van der Waals surface area contributed by atoms with Crippen molar-refractivity contribution in [1.29, 1.82) is 0 Å². The molecule has 4 aromatic rings. The number of sulfonamides is 1. The SMILES string of the molecule is COc1ncc(-c2ccc3ncc(N)n3n2)cc1NS(=O)(=O)c1ccc(F)cc1F. The van der Waals surface area contributed by atoms with Crippen LogP contribution in [0.2, 0.25) is 0 Å². The number of pyridine rings is 1. The maximum absolute atomic E-state index is 14.0. The molecular weight excluding hydrogens is 418 g/mol. The van der Waals surface area contributed by atoms with Crippen molar-refractivity contribution < 1.29 is 21.9 Å². The van der Waals surface area contributed by atoms with Crippen LogP contribution >= 0.6 is 0 Å². The molecule has 3 heterocycles. The van der Waals surface area contributed by atoms with Gasteiger partial charge in [-0.15, -0.1) is 0 Å². The van der Waals surface area contributed by atoms with Gasteiger partial charge in [-0.2, -0.15) is 9.61 Å². The quantitative estimate of drug-likeness (QED) is 0.496. The first-order valence-electron chi connectivity index (χ1n) is 8.41. The molecule has 0 saturated heterocycles. The molecule has 4 rings (SSSR count). The van der Waals surface area contributed by atoms with Gasteiger partial charge in [0.15, 0.2) is 5.65 Å². The van der Waals surface area contributed by atoms with Gasteiger partial charge in [-0.3, -0.25) is 4.72 Å². The van der Waals surface area contributed by atoms with Gasteiger partial charge in [0.1, 0.15) is 28.0 Å². The highest BCUT2D eigenvalue weighted by molar-refractivity contribution is 7.92. The van der Waals surface area contributed by atoms with E-state index in [9.17, 15) is 17.2 Å². The van der Waals surface area contributed by atoms with Crippen molar-refractivity contribution in [1.82, 2.24) is 19.6 Å². The highest BCUT2D eigenvalue weighted by Crippen LogP contribution is 2.30. The van der Waals surface area contributed by atoms with Gasteiger partial charge in [0.25, 0.3) is 10.0 Å². The van der Waals surface area contributed by atoms with E-state index in [2.05, 4.69) is 19.8 Å². The van der Waals surface area contributed by atoms with Gasteiger partial charge < -0.3 is 10.5 Å². The number of nitrogens with zero attached hydrogens (tertiary/aromatic N) is 4. The van der Waals surface area contributed by atoms with Crippen molar-refractivity contribution in [2.75, 3.05) is 17.6 Å². The fourth-order valence-electron chi connectivity index (χ4n) is 2.77. The van der Waals surface area contributed by atoms with Gasteiger partial charge in [-0.05, 0) is 30.3 Å². The number of hydrogen-bond acceptors (Lipinski definition) is 7. The zero-order valence-electron chi connectivity index (χ0n) is 15.4. The average Bonchev–Trinajstić information content (AvgIpc) is 3.07. The topological polar surface area (TPSA) is 124 Å². The predicted octanol–water partition coefficient (Wildman–Crippen LogP) is 2.46. The third kappa shape index (κ3) is 3.48. The van der Waals surface area contributed by atoms with E-state index in [0.717, 1.165) is 12.1 Å². The second-order valence-electron chi connectivity index (χ2n) is 6.13. The van der Waals surface area contributed by atoms with E-state index < -0.39 is 26.6 Å². The summed E-state index contributed by atoms with van der Waals surface area (Å²) in [5.74, 6) is -1.85. The van der Waals surface area contributed by atoms with E-state index in [1.165, 1.54) is 30.1 Å². The van der Waals surface area contributed by atoms with Crippen molar-refractivity contribution >= 4 is 27.2 Å². The fraction of sp³-hybridized carbons (Fsp3) is 0.0556. The molecule has 0 spiro atoms. The van der Waals surface area contributed by atoms with Crippen LogP contribution in [0.1, 0.15) is 0 Å². The summed E-state index contributed by atoms with van der Waals surface area (Å²) in [7, 11) is -3.09. The van der Waals surface area contributed by atoms with E-state index in [-0.39, 0.29) is 11.6 Å². The van der Waals surface area contributed by atoms with Crippen molar-refractivity contribution in [3.63, 3.8) is 0 Å². The molecule has 0 aliphatic rings. The Morgan fingerprint density at radius 3 is 2.63 bits per heavy atom. The summed E-state index contributed by atoms with van der Waals surface area (Å²) in [6, 6.07) is 6.91. The van der Waals surface area contributed by atoms with Gasteiger partial charge in [-0.25, -0.2) is 27.2 Å². The van der Waals surface area contributed by atoms with Crippen LogP contribution in [0.25, 0.3) is 16.9 Å². The van der Waals surface area contributed by atoms with Crippen LogP contribution in [0.4, 0.5) is 20.3 Å². The number of aromatic nitrogens is 4. The standard InChI is InChI=1S/C18H14F2N6O3S/c1-29-18-14(25-30(27,28)15-4-2-11(19)7-12(15)20)6-10(8-23-18)13-3-5-17-22-9-16(21)26(17)24-13/h2-9,25H,21H2,1H3. The molecule has 3 aromatic heterocycles. The number of methoxy groups -OCH3 is 1. The number of ether oxygens (including phenoxy) is 1. The summed E-state index contributed by atoms with van der Waals surface area (Å²) in [6.45, 7) is 0. The predicted molar refractivity (Wildman–Crippen MR) is 104 cm³/mol. The molecule has 0 bridgehead atoms. The van der Waals surface area contributed by atoms with Gasteiger partial charge in [0, 0.05) is 17.8 Å². The maximum Gasteiger partial charge on any atom is 0.264 e. The maximum atomic E-state index is 14.0. The van der Waals surface area contributed by atoms with E-state index in [1.807, 2.05) is 0 Å². The molecule has 0 aliphatic carbocycles. The minimum absolute atomic E-state index is 0.0481. The third-order valence-corrected chi connectivity index (χ3v) is 5.56. The van der Waals surface area contributed by atoms with Crippen LogP contribution in [0.3, 0.4) is 0 Å². The lowest BCUT2D eigenvalue weighted by Gasteiger charge is -2.13. The minimum Gasteiger partial charge on any atom is -0.480 e. The van der Waals surface area contributed by atoms with E-state index in [1.54, 1.807) is 12.1 Å². The lowest BCUT2D eigenvalue weighted by Crippen LogP contribution is -2.16. The Morgan fingerprint density at radius 1 is 1.10 bits per heavy atom. The molecule has 0 saturated carbocycles. The van der Waals surface area contributed by atoms with Crippen molar-refractivity contribution in [3.8, 4) is 17.1 Å². The molecule has 0 fully saturated rings. The number of fused-ring (bicyclic) bond motifs is 1. The second-order valence-corrected chi connectivity index (χ2v) is 7.78. The molecule has 0 aliphatic heterocycles. The summed E-state index contributed by atoms with van der Waals surface area (Å²) in [4.78, 5) is 7.44. The molecule has 3 N–H and O–H groups in total. The highest BCUT2D eigenvalue weighted by Gasteiger charge is 2.22. The van der Waals surface area contributed by atoms with Crippen LogP contribution in [-0.2, 0) is 10.0 Å². The Hall–Kier alpha value is -3.80. The molecule has 154 valence electrons. The first-order valence-corrected chi connectivity index (χ1v) is 9.89. The van der Waals surface area contributed by atoms with E-state index in [0.29, 0.717) is 28.8 Å². The molecule has 0 radical (unpaired) electrons. The van der Waals surface area contributed by atoms with Gasteiger partial charge >= 0.3 is 0 Å². The lowest BCUT2D eigenvalue weighted by atomic mass is 10.2. The number of nitrogens with two attached hydrogens (primary N) is 1. The van der Waals surface area contributed by atoms with E-state index >= 15 is 0 Å². The monoisotopic (exact) mass is 432 g/mol. The molecule has 30 heavy (non-hydrogen) atoms. The first kappa shape index (κ1) is 19.5. The Kier molecular flexibility index (Phi) is 4.70. The number of nitrogen functional groups attached to an aromatic ring is 1. The normalized spacial score (nSPS) is 11.6. The summed E-state index contributed by atoms with van der Waals surface area (Å²) in [5.41, 5.74) is 7.16. The number of halogens is 2. The summed E-state index contributed by atoms with van der Waals surface area (Å²) in [6.07, 6.45) is 2.88. The summed E-state index contributed by atoms with van der Waals surface area (Å²) in [5, 5.41) is 4.35. The summed E-state index contributed by atoms with van der Waals surface area (Å²) < 4.78 is 61.1. The Morgan fingerprint density at radius 2 is 1.90 bits per heavy atom. The van der Waals surface area contributed by atoms with Gasteiger partial charge in [0.05, 0.1) is 19.0 Å². The van der Waals surface area contributed by atoms with Crippen LogP contribution in [0, 0.1) is 11.6 Å². The Labute approximate surface area is 169 Å². The average molecular weight is 432 g/mol. The number of benzene rings is 1. The van der Waals surface area contributed by atoms with Crippen molar-refractivity contribution in [3.05, 3.63) is 60.4 Å². The molecule has 1 aromatic carbocycles. The molecular formula is C18H14F2N6O3S. The molecule has 12 heteroatoms. The van der Waals surface area contributed by atoms with Gasteiger partial charge in [0.2, 0.25) is 5.88 Å². The third-order valence-electron chi connectivity index (χ3n) is 4.16. The number of hydrogen-bond donors (Lipinski definition) is 2. The second kappa shape index (κ2) is 7.22. The fourth-order valence-corrected chi connectivity index (χ4v) is 3.87. The molecule has 0 atom stereocenters. The van der Waals surface area contributed by atoms with Crippen molar-refractivity contribution in [2.45, 2.75) is 4.90 Å². The van der Waals surface area contributed by atoms with Crippen molar-refractivity contribution in [2.24, 2.45) is 0 Å². The Bertz CT molecular complexity index is 1370. The minimum atomic E-state index is -4.39.